The number of rotatable bonds is 8. The topological polar surface area (TPSA) is 64.1 Å². The number of aryl methyl sites for hydroxylation is 2. The number of benzene rings is 2. The monoisotopic (exact) mass is 445 g/mol. The number of carbonyl (C=O) groups excluding carboxylic acids is 1. The zero-order valence-corrected chi connectivity index (χ0v) is 18.4. The van der Waals surface area contributed by atoms with E-state index >= 15 is 0 Å². The van der Waals surface area contributed by atoms with Crippen molar-refractivity contribution >= 4 is 51.8 Å². The van der Waals surface area contributed by atoms with Gasteiger partial charge in [-0.3, -0.25) is 10.1 Å². The van der Waals surface area contributed by atoms with Gasteiger partial charge in [-0.1, -0.05) is 77.2 Å². The van der Waals surface area contributed by atoms with Gasteiger partial charge in [-0.2, -0.15) is 0 Å². The third kappa shape index (κ3) is 6.59. The fourth-order valence-corrected chi connectivity index (χ4v) is 4.19. The molecule has 0 unspecified atom stereocenters. The molecule has 0 aliphatic rings. The van der Waals surface area contributed by atoms with Crippen LogP contribution >= 0.6 is 34.7 Å². The van der Waals surface area contributed by atoms with Gasteiger partial charge < -0.3 is 4.74 Å². The summed E-state index contributed by atoms with van der Waals surface area (Å²) in [6, 6.07) is 13.7. The third-order valence-corrected chi connectivity index (χ3v) is 6.37. The van der Waals surface area contributed by atoms with Crippen LogP contribution in [-0.4, -0.2) is 28.5 Å². The number of anilines is 1. The van der Waals surface area contributed by atoms with Gasteiger partial charge in [0.2, 0.25) is 5.13 Å². The van der Waals surface area contributed by atoms with E-state index in [0.717, 1.165) is 26.8 Å². The lowest BCUT2D eigenvalue weighted by atomic mass is 10.1. The summed E-state index contributed by atoms with van der Waals surface area (Å²) in [6.45, 7) is 3.69. The molecule has 1 amide bonds. The van der Waals surface area contributed by atoms with Gasteiger partial charge >= 0.3 is 0 Å². The van der Waals surface area contributed by atoms with Gasteiger partial charge in [0.1, 0.15) is 5.75 Å². The first-order valence-electron chi connectivity index (χ1n) is 8.88. The van der Waals surface area contributed by atoms with E-state index in [1.807, 2.05) is 44.2 Å². The Balaban J connectivity index is 1.44. The Bertz CT molecular complexity index is 983. The second kappa shape index (κ2) is 10.4. The molecule has 0 saturated carbocycles. The summed E-state index contributed by atoms with van der Waals surface area (Å²) < 4.78 is 6.35. The van der Waals surface area contributed by atoms with E-state index in [1.54, 1.807) is 11.8 Å². The number of ether oxygens (including phenoxy) is 1. The summed E-state index contributed by atoms with van der Waals surface area (Å²) in [5.41, 5.74) is 2.98. The van der Waals surface area contributed by atoms with Crippen LogP contribution in [0.5, 0.6) is 5.75 Å². The van der Waals surface area contributed by atoms with Crippen molar-refractivity contribution in [1.82, 2.24) is 10.2 Å². The second-order valence-corrected chi connectivity index (χ2v) is 8.83. The quantitative estimate of drug-likeness (QED) is 0.359. The number of hydrogen-bond acceptors (Lipinski definition) is 6. The minimum atomic E-state index is -0.285. The second-order valence-electron chi connectivity index (χ2n) is 6.21. The van der Waals surface area contributed by atoms with Crippen molar-refractivity contribution in [3.63, 3.8) is 0 Å². The Morgan fingerprint density at radius 2 is 1.93 bits per heavy atom. The van der Waals surface area contributed by atoms with E-state index < -0.39 is 0 Å². The molecule has 150 valence electrons. The van der Waals surface area contributed by atoms with Gasteiger partial charge in [-0.15, -0.1) is 10.2 Å². The predicted molar refractivity (Wildman–Crippen MR) is 121 cm³/mol. The largest absolute Gasteiger partial charge is 0.484 e. The van der Waals surface area contributed by atoms with Crippen molar-refractivity contribution in [2.45, 2.75) is 18.2 Å². The molecule has 2 aromatic carbocycles. The molecular formula is C21H20ClN3O2S2. The summed E-state index contributed by atoms with van der Waals surface area (Å²) in [4.78, 5) is 12.1. The van der Waals surface area contributed by atoms with Gasteiger partial charge in [0, 0.05) is 10.8 Å². The van der Waals surface area contributed by atoms with E-state index in [2.05, 4.69) is 39.8 Å². The molecule has 0 spiro atoms. The van der Waals surface area contributed by atoms with Crippen LogP contribution in [0, 0.1) is 13.8 Å². The molecule has 0 atom stereocenters. The van der Waals surface area contributed by atoms with Gasteiger partial charge in [-0.25, -0.2) is 0 Å². The molecule has 1 N–H and O–H groups in total. The summed E-state index contributed by atoms with van der Waals surface area (Å²) >= 11 is 9.05. The number of aromatic nitrogens is 2. The van der Waals surface area contributed by atoms with Gasteiger partial charge in [0.15, 0.2) is 10.9 Å². The fraction of sp³-hybridized carbons (Fsp3) is 0.190. The maximum Gasteiger partial charge on any atom is 0.264 e. The number of nitrogens with zero attached hydrogens (tertiary/aromatic N) is 2. The van der Waals surface area contributed by atoms with Crippen LogP contribution in [0.3, 0.4) is 0 Å². The van der Waals surface area contributed by atoms with Gasteiger partial charge in [0.25, 0.3) is 5.91 Å². The van der Waals surface area contributed by atoms with Crippen LogP contribution in [0.2, 0.25) is 5.02 Å². The van der Waals surface area contributed by atoms with Crippen molar-refractivity contribution in [2.75, 3.05) is 17.7 Å². The molecular weight excluding hydrogens is 426 g/mol. The highest BCUT2D eigenvalue weighted by Gasteiger charge is 2.10. The first-order chi connectivity index (χ1) is 14.0. The normalized spacial score (nSPS) is 11.0. The van der Waals surface area contributed by atoms with Gasteiger partial charge in [0.05, 0.1) is 0 Å². The van der Waals surface area contributed by atoms with Crippen molar-refractivity contribution in [1.29, 1.82) is 0 Å². The Morgan fingerprint density at radius 1 is 1.21 bits per heavy atom. The first-order valence-corrected chi connectivity index (χ1v) is 11.1. The van der Waals surface area contributed by atoms with Crippen LogP contribution in [-0.2, 0) is 4.79 Å². The van der Waals surface area contributed by atoms with E-state index in [4.69, 9.17) is 16.3 Å². The Kier molecular flexibility index (Phi) is 7.69. The maximum absolute atomic E-state index is 12.1. The smallest absolute Gasteiger partial charge is 0.264 e. The summed E-state index contributed by atoms with van der Waals surface area (Å²) in [7, 11) is 0. The standard InChI is InChI=1S/C21H20ClN3O2S2/c1-14-11-17(12-15(2)19(14)22)27-13-18(26)23-20-24-25-21(29-20)28-10-6-9-16-7-4-3-5-8-16/h3-9,11-12H,10,13H2,1-2H3,(H,23,24,26)/b9-6+. The van der Waals surface area contributed by atoms with E-state index in [9.17, 15) is 4.79 Å². The molecule has 5 nitrogen and oxygen atoms in total. The SMILES string of the molecule is Cc1cc(OCC(=O)Nc2nnc(SC/C=C/c3ccccc3)s2)cc(C)c1Cl. The minimum absolute atomic E-state index is 0.109. The first kappa shape index (κ1) is 21.4. The van der Waals surface area contributed by atoms with Crippen LogP contribution in [0.1, 0.15) is 16.7 Å². The highest BCUT2D eigenvalue weighted by Crippen LogP contribution is 2.27. The van der Waals surface area contributed by atoms with E-state index in [1.165, 1.54) is 11.3 Å². The molecule has 0 aliphatic carbocycles. The van der Waals surface area contributed by atoms with Crippen molar-refractivity contribution in [2.24, 2.45) is 0 Å². The molecule has 0 saturated heterocycles. The lowest BCUT2D eigenvalue weighted by Crippen LogP contribution is -2.20. The zero-order valence-electron chi connectivity index (χ0n) is 16.0. The third-order valence-electron chi connectivity index (χ3n) is 3.85. The number of amides is 1. The van der Waals surface area contributed by atoms with Crippen molar-refractivity contribution < 1.29 is 9.53 Å². The number of thioether (sulfide) groups is 1. The molecule has 3 rings (SSSR count). The van der Waals surface area contributed by atoms with Gasteiger partial charge in [-0.05, 0) is 42.7 Å². The van der Waals surface area contributed by atoms with Crippen LogP contribution in [0.25, 0.3) is 6.08 Å². The minimum Gasteiger partial charge on any atom is -0.484 e. The zero-order chi connectivity index (χ0) is 20.6. The van der Waals surface area contributed by atoms with Crippen molar-refractivity contribution in [3.8, 4) is 5.75 Å². The van der Waals surface area contributed by atoms with E-state index in [-0.39, 0.29) is 12.5 Å². The Morgan fingerprint density at radius 3 is 2.66 bits per heavy atom. The summed E-state index contributed by atoms with van der Waals surface area (Å²) in [6.07, 6.45) is 4.14. The van der Waals surface area contributed by atoms with Crippen molar-refractivity contribution in [3.05, 3.63) is 70.3 Å². The number of nitrogens with one attached hydrogen (secondary N) is 1. The molecule has 0 aliphatic heterocycles. The lowest BCUT2D eigenvalue weighted by molar-refractivity contribution is -0.118. The van der Waals surface area contributed by atoms with E-state index in [0.29, 0.717) is 15.9 Å². The Hall–Kier alpha value is -2.35. The molecule has 29 heavy (non-hydrogen) atoms. The molecule has 0 radical (unpaired) electrons. The number of halogens is 1. The molecule has 1 aromatic heterocycles. The fourth-order valence-electron chi connectivity index (χ4n) is 2.48. The summed E-state index contributed by atoms with van der Waals surface area (Å²) in [5.74, 6) is 1.10. The van der Waals surface area contributed by atoms with Crippen LogP contribution < -0.4 is 10.1 Å². The average molecular weight is 446 g/mol. The number of hydrogen-bond donors (Lipinski definition) is 1. The highest BCUT2D eigenvalue weighted by molar-refractivity contribution is 8.01. The average Bonchev–Trinajstić information content (AvgIpc) is 3.15. The molecule has 1 heterocycles. The summed E-state index contributed by atoms with van der Waals surface area (Å²) in [5, 5.41) is 12.0. The molecule has 0 fully saturated rings. The molecule has 8 heteroatoms. The number of carbonyl (C=O) groups is 1. The lowest BCUT2D eigenvalue weighted by Gasteiger charge is -2.09. The maximum atomic E-state index is 12.1. The molecule has 3 aromatic rings. The van der Waals surface area contributed by atoms with Crippen LogP contribution in [0.4, 0.5) is 5.13 Å². The van der Waals surface area contributed by atoms with Crippen LogP contribution in [0.15, 0.2) is 52.9 Å². The highest BCUT2D eigenvalue weighted by atomic mass is 35.5. The predicted octanol–water partition coefficient (Wildman–Crippen LogP) is 5.63. The molecule has 0 bridgehead atoms. The Labute approximate surface area is 183 Å².